The van der Waals surface area contributed by atoms with E-state index in [1.54, 1.807) is 6.20 Å². The molecule has 1 aromatic rings. The first-order valence-corrected chi connectivity index (χ1v) is 6.24. The summed E-state index contributed by atoms with van der Waals surface area (Å²) in [6.45, 7) is 3.07. The van der Waals surface area contributed by atoms with Crippen LogP contribution in [0.5, 0.6) is 0 Å². The molecule has 2 amide bonds. The monoisotopic (exact) mass is 263 g/mol. The number of likely N-dealkylation sites (tertiary alicyclic amines) is 1. The lowest BCUT2D eigenvalue weighted by Gasteiger charge is -2.16. The number of carboxylic acids is 1. The van der Waals surface area contributed by atoms with Gasteiger partial charge in [-0.2, -0.15) is 0 Å². The number of urea groups is 1. The molecule has 2 rings (SSSR count). The number of carbonyl (C=O) groups is 2. The molecule has 1 unspecified atom stereocenters. The Morgan fingerprint density at radius 2 is 2.37 bits per heavy atom. The van der Waals surface area contributed by atoms with Gasteiger partial charge in [-0.25, -0.2) is 4.79 Å². The minimum atomic E-state index is -0.837. The van der Waals surface area contributed by atoms with E-state index in [1.165, 1.54) is 4.90 Å². The van der Waals surface area contributed by atoms with Crippen molar-refractivity contribution in [3.05, 3.63) is 29.6 Å². The number of aromatic nitrogens is 1. The van der Waals surface area contributed by atoms with Crippen molar-refractivity contribution in [3.63, 3.8) is 0 Å². The van der Waals surface area contributed by atoms with Crippen LogP contribution in [0.15, 0.2) is 18.3 Å². The smallest absolute Gasteiger partial charge is 0.317 e. The summed E-state index contributed by atoms with van der Waals surface area (Å²) in [5, 5.41) is 11.7. The van der Waals surface area contributed by atoms with E-state index in [9.17, 15) is 9.59 Å². The van der Waals surface area contributed by atoms with E-state index in [0.717, 1.165) is 11.3 Å². The van der Waals surface area contributed by atoms with Gasteiger partial charge >= 0.3 is 12.0 Å². The van der Waals surface area contributed by atoms with Crippen molar-refractivity contribution in [2.75, 3.05) is 13.1 Å². The van der Waals surface area contributed by atoms with Crippen LogP contribution in [0, 0.1) is 12.8 Å². The number of aryl methyl sites for hydroxylation is 1. The van der Waals surface area contributed by atoms with E-state index >= 15 is 0 Å². The normalized spacial score (nSPS) is 18.4. The van der Waals surface area contributed by atoms with Crippen LogP contribution in [0.3, 0.4) is 0 Å². The topological polar surface area (TPSA) is 82.5 Å². The molecule has 102 valence electrons. The van der Waals surface area contributed by atoms with Crippen LogP contribution >= 0.6 is 0 Å². The van der Waals surface area contributed by atoms with Gasteiger partial charge in [-0.3, -0.25) is 9.78 Å². The van der Waals surface area contributed by atoms with E-state index < -0.39 is 11.9 Å². The van der Waals surface area contributed by atoms with Crippen LogP contribution in [-0.2, 0) is 11.3 Å². The van der Waals surface area contributed by atoms with Crippen molar-refractivity contribution in [3.8, 4) is 0 Å². The molecule has 0 saturated carbocycles. The van der Waals surface area contributed by atoms with Crippen LogP contribution in [-0.4, -0.2) is 40.1 Å². The Bertz CT molecular complexity index is 490. The number of nitrogens with one attached hydrogen (secondary N) is 1. The summed E-state index contributed by atoms with van der Waals surface area (Å²) in [7, 11) is 0. The molecule has 1 aliphatic heterocycles. The summed E-state index contributed by atoms with van der Waals surface area (Å²) in [4.78, 5) is 28.4. The third-order valence-corrected chi connectivity index (χ3v) is 3.35. The van der Waals surface area contributed by atoms with Crippen molar-refractivity contribution >= 4 is 12.0 Å². The third-order valence-electron chi connectivity index (χ3n) is 3.35. The Hall–Kier alpha value is -2.11. The van der Waals surface area contributed by atoms with Crippen LogP contribution < -0.4 is 5.32 Å². The lowest BCUT2D eigenvalue weighted by molar-refractivity contribution is -0.141. The van der Waals surface area contributed by atoms with Gasteiger partial charge in [0, 0.05) is 19.3 Å². The fourth-order valence-corrected chi connectivity index (χ4v) is 2.12. The fourth-order valence-electron chi connectivity index (χ4n) is 2.12. The molecule has 0 aliphatic carbocycles. The molecule has 2 N–H and O–H groups in total. The third kappa shape index (κ3) is 3.21. The predicted molar refractivity (Wildman–Crippen MR) is 68.5 cm³/mol. The number of hydrogen-bond donors (Lipinski definition) is 2. The zero-order valence-electron chi connectivity index (χ0n) is 10.8. The van der Waals surface area contributed by atoms with E-state index in [2.05, 4.69) is 10.3 Å². The number of hydrogen-bond acceptors (Lipinski definition) is 3. The van der Waals surface area contributed by atoms with E-state index in [4.69, 9.17) is 5.11 Å². The zero-order chi connectivity index (χ0) is 13.8. The average Bonchev–Trinajstić information content (AvgIpc) is 2.87. The molecule has 0 spiro atoms. The second-order valence-corrected chi connectivity index (χ2v) is 4.70. The number of carboxylic acid groups (broad SMARTS) is 1. The SMILES string of the molecule is Cc1cccnc1CNC(=O)N1CCC(C(=O)O)C1. The van der Waals surface area contributed by atoms with Gasteiger partial charge in [0.25, 0.3) is 0 Å². The molecule has 1 fully saturated rings. The van der Waals surface area contributed by atoms with Gasteiger partial charge in [0.2, 0.25) is 0 Å². The molecule has 1 atom stereocenters. The quantitative estimate of drug-likeness (QED) is 0.852. The van der Waals surface area contributed by atoms with Gasteiger partial charge in [-0.15, -0.1) is 0 Å². The van der Waals surface area contributed by atoms with Gasteiger partial charge < -0.3 is 15.3 Å². The highest BCUT2D eigenvalue weighted by Gasteiger charge is 2.30. The van der Waals surface area contributed by atoms with Crippen LogP contribution in [0.2, 0.25) is 0 Å². The van der Waals surface area contributed by atoms with Gasteiger partial charge in [0.05, 0.1) is 18.2 Å². The summed E-state index contributed by atoms with van der Waals surface area (Å²) in [5.41, 5.74) is 1.84. The number of amides is 2. The highest BCUT2D eigenvalue weighted by atomic mass is 16.4. The molecule has 2 heterocycles. The Labute approximate surface area is 111 Å². The van der Waals surface area contributed by atoms with Gasteiger partial charge in [0.15, 0.2) is 0 Å². The second kappa shape index (κ2) is 5.69. The molecule has 1 aliphatic rings. The predicted octanol–water partition coefficient (Wildman–Crippen LogP) is 1.01. The highest BCUT2D eigenvalue weighted by Crippen LogP contribution is 2.16. The number of rotatable bonds is 3. The molecule has 6 nitrogen and oxygen atoms in total. The Morgan fingerprint density at radius 1 is 1.58 bits per heavy atom. The maximum absolute atomic E-state index is 11.9. The van der Waals surface area contributed by atoms with E-state index in [0.29, 0.717) is 19.5 Å². The first-order valence-electron chi connectivity index (χ1n) is 6.24. The largest absolute Gasteiger partial charge is 0.481 e. The van der Waals surface area contributed by atoms with E-state index in [-0.39, 0.29) is 12.6 Å². The molecule has 0 aromatic carbocycles. The Morgan fingerprint density at radius 3 is 3.00 bits per heavy atom. The number of carbonyl (C=O) groups excluding carboxylic acids is 1. The molecule has 6 heteroatoms. The van der Waals surface area contributed by atoms with Crippen molar-refractivity contribution < 1.29 is 14.7 Å². The standard InChI is InChI=1S/C13H17N3O3/c1-9-3-2-5-14-11(9)7-15-13(19)16-6-4-10(8-16)12(17)18/h2-3,5,10H,4,6-8H2,1H3,(H,15,19)(H,17,18). The van der Waals surface area contributed by atoms with Gasteiger partial charge in [-0.1, -0.05) is 6.07 Å². The number of pyridine rings is 1. The summed E-state index contributed by atoms with van der Waals surface area (Å²) in [5.74, 6) is -1.28. The Balaban J connectivity index is 1.86. The van der Waals surface area contributed by atoms with Crippen molar-refractivity contribution in [1.82, 2.24) is 15.2 Å². The highest BCUT2D eigenvalue weighted by molar-refractivity contribution is 5.77. The van der Waals surface area contributed by atoms with Crippen molar-refractivity contribution in [2.24, 2.45) is 5.92 Å². The first kappa shape index (κ1) is 13.3. The summed E-state index contributed by atoms with van der Waals surface area (Å²) in [6, 6.07) is 3.55. The molecule has 19 heavy (non-hydrogen) atoms. The molecule has 1 aromatic heterocycles. The van der Waals surface area contributed by atoms with Gasteiger partial charge in [0.1, 0.15) is 0 Å². The van der Waals surface area contributed by atoms with Crippen molar-refractivity contribution in [2.45, 2.75) is 19.9 Å². The summed E-state index contributed by atoms with van der Waals surface area (Å²) >= 11 is 0. The molecular weight excluding hydrogens is 246 g/mol. The average molecular weight is 263 g/mol. The van der Waals surface area contributed by atoms with Crippen molar-refractivity contribution in [1.29, 1.82) is 0 Å². The molecular formula is C13H17N3O3. The maximum Gasteiger partial charge on any atom is 0.317 e. The molecule has 0 radical (unpaired) electrons. The summed E-state index contributed by atoms with van der Waals surface area (Å²) < 4.78 is 0. The molecule has 0 bridgehead atoms. The zero-order valence-corrected chi connectivity index (χ0v) is 10.8. The minimum Gasteiger partial charge on any atom is -0.481 e. The van der Waals surface area contributed by atoms with Crippen LogP contribution in [0.4, 0.5) is 4.79 Å². The van der Waals surface area contributed by atoms with Crippen LogP contribution in [0.1, 0.15) is 17.7 Å². The van der Waals surface area contributed by atoms with Gasteiger partial charge in [-0.05, 0) is 25.0 Å². The first-order chi connectivity index (χ1) is 9.08. The lowest BCUT2D eigenvalue weighted by atomic mass is 10.1. The number of nitrogens with zero attached hydrogens (tertiary/aromatic N) is 2. The fraction of sp³-hybridized carbons (Fsp3) is 0.462. The van der Waals surface area contributed by atoms with Crippen LogP contribution in [0.25, 0.3) is 0 Å². The number of aliphatic carboxylic acids is 1. The summed E-state index contributed by atoms with van der Waals surface area (Å²) in [6.07, 6.45) is 2.20. The maximum atomic E-state index is 11.9. The second-order valence-electron chi connectivity index (χ2n) is 4.70. The van der Waals surface area contributed by atoms with E-state index in [1.807, 2.05) is 19.1 Å². The Kier molecular flexibility index (Phi) is 3.99. The lowest BCUT2D eigenvalue weighted by Crippen LogP contribution is -2.38. The molecule has 1 saturated heterocycles. The minimum absolute atomic E-state index is 0.228.